The van der Waals surface area contributed by atoms with Crippen molar-refractivity contribution in [3.05, 3.63) is 47.5 Å². The van der Waals surface area contributed by atoms with Crippen molar-refractivity contribution >= 4 is 27.0 Å². The van der Waals surface area contributed by atoms with E-state index < -0.39 is 16.1 Å². The number of hydrogen-bond acceptors (Lipinski definition) is 6. The fourth-order valence-electron chi connectivity index (χ4n) is 6.95. The van der Waals surface area contributed by atoms with Gasteiger partial charge in [0.25, 0.3) is 5.91 Å². The van der Waals surface area contributed by atoms with Crippen LogP contribution in [0.4, 0.5) is 0 Å². The summed E-state index contributed by atoms with van der Waals surface area (Å²) >= 11 is 0. The molecule has 1 unspecified atom stereocenters. The van der Waals surface area contributed by atoms with E-state index in [-0.39, 0.29) is 12.5 Å². The topological polar surface area (TPSA) is 93.1 Å². The molecular formula is C32H42N4O5S. The first-order valence-corrected chi connectivity index (χ1v) is 16.6. The number of likely N-dealkylation sites (N-methyl/N-ethyl adjacent to an activating group) is 2. The summed E-state index contributed by atoms with van der Waals surface area (Å²) in [6.45, 7) is 3.02. The minimum Gasteiger partial charge on any atom is -0.493 e. The monoisotopic (exact) mass is 594 g/mol. The van der Waals surface area contributed by atoms with Crippen molar-refractivity contribution in [1.82, 2.24) is 18.5 Å². The minimum atomic E-state index is -3.98. The summed E-state index contributed by atoms with van der Waals surface area (Å²) in [6, 6.07) is 11.8. The van der Waals surface area contributed by atoms with Gasteiger partial charge in [0.05, 0.1) is 19.4 Å². The Kier molecular flexibility index (Phi) is 8.22. The Labute approximate surface area is 248 Å². The summed E-state index contributed by atoms with van der Waals surface area (Å²) in [4.78, 5) is 15.5. The molecule has 10 heteroatoms. The molecule has 0 radical (unpaired) electrons. The van der Waals surface area contributed by atoms with E-state index in [1.165, 1.54) is 36.2 Å². The highest BCUT2D eigenvalue weighted by Crippen LogP contribution is 2.49. The first-order chi connectivity index (χ1) is 20.3. The zero-order valence-electron chi connectivity index (χ0n) is 24.9. The number of nitrogens with one attached hydrogen (secondary N) is 1. The molecule has 6 rings (SSSR count). The normalized spacial score (nSPS) is 22.7. The Morgan fingerprint density at radius 3 is 2.57 bits per heavy atom. The van der Waals surface area contributed by atoms with Gasteiger partial charge in [-0.05, 0) is 75.0 Å². The molecule has 226 valence electrons. The summed E-state index contributed by atoms with van der Waals surface area (Å²) in [5, 5.41) is 1.13. The van der Waals surface area contributed by atoms with Crippen LogP contribution in [-0.2, 0) is 16.8 Å². The van der Waals surface area contributed by atoms with Crippen LogP contribution in [0, 0.1) is 5.92 Å². The second-order valence-corrected chi connectivity index (χ2v) is 13.9. The summed E-state index contributed by atoms with van der Waals surface area (Å²) in [5.41, 5.74) is 4.75. The lowest BCUT2D eigenvalue weighted by molar-refractivity contribution is 0.0979. The number of fused-ring (bicyclic) bond motifs is 4. The van der Waals surface area contributed by atoms with Crippen molar-refractivity contribution in [2.24, 2.45) is 5.92 Å². The number of carbonyl (C=O) groups excluding carboxylic acids is 1. The summed E-state index contributed by atoms with van der Waals surface area (Å²) in [5.74, 6) is 1.51. The number of hydrogen-bond donors (Lipinski definition) is 1. The van der Waals surface area contributed by atoms with E-state index in [2.05, 4.69) is 20.3 Å². The molecule has 1 amide bonds. The van der Waals surface area contributed by atoms with Crippen LogP contribution in [0.3, 0.4) is 0 Å². The maximum atomic E-state index is 13.4. The molecule has 0 saturated heterocycles. The molecule has 0 spiro atoms. The molecule has 1 aromatic heterocycles. The highest BCUT2D eigenvalue weighted by molar-refractivity contribution is 7.87. The standard InChI is InChI=1S/C32H42N4O5S/c1-34-16-8-9-22-20-36-27-19-24(32(37)33-42(38,39)35(2)18-17-34)14-15-25(27)29(23-10-5-4-6-11-23)30(36)26-12-7-13-28(40-3)31(26)41-21-22/h7,12-15,19,22-23H,4-6,8-11,16-18,20-21H2,1-3H3,(H,33,37). The van der Waals surface area contributed by atoms with Crippen molar-refractivity contribution in [3.8, 4) is 22.8 Å². The average Bonchev–Trinajstić information content (AvgIpc) is 3.29. The molecule has 2 aliphatic heterocycles. The van der Waals surface area contributed by atoms with E-state index >= 15 is 0 Å². The summed E-state index contributed by atoms with van der Waals surface area (Å²) in [6.07, 6.45) is 7.80. The van der Waals surface area contributed by atoms with Gasteiger partial charge in [-0.25, -0.2) is 4.72 Å². The second kappa shape index (κ2) is 11.9. The van der Waals surface area contributed by atoms with E-state index in [0.29, 0.717) is 24.6 Å². The van der Waals surface area contributed by atoms with Crippen molar-refractivity contribution < 1.29 is 22.7 Å². The first kappa shape index (κ1) is 29.0. The maximum absolute atomic E-state index is 13.4. The number of nitrogens with zero attached hydrogens (tertiary/aromatic N) is 3. The molecule has 3 aromatic rings. The zero-order valence-corrected chi connectivity index (χ0v) is 25.7. The maximum Gasteiger partial charge on any atom is 0.303 e. The van der Waals surface area contributed by atoms with Crippen molar-refractivity contribution in [2.45, 2.75) is 57.4 Å². The van der Waals surface area contributed by atoms with E-state index in [4.69, 9.17) is 9.47 Å². The highest BCUT2D eigenvalue weighted by Gasteiger charge is 2.32. The van der Waals surface area contributed by atoms with Gasteiger partial charge in [-0.2, -0.15) is 12.7 Å². The molecule has 1 N–H and O–H groups in total. The molecule has 9 nitrogen and oxygen atoms in total. The van der Waals surface area contributed by atoms with Gasteiger partial charge in [-0.15, -0.1) is 0 Å². The third-order valence-electron chi connectivity index (χ3n) is 9.32. The average molecular weight is 595 g/mol. The second-order valence-electron chi connectivity index (χ2n) is 12.2. The van der Waals surface area contributed by atoms with Crippen LogP contribution < -0.4 is 14.2 Å². The lowest BCUT2D eigenvalue weighted by atomic mass is 9.81. The van der Waals surface area contributed by atoms with Crippen LogP contribution in [0.25, 0.3) is 22.2 Å². The number of aromatic nitrogens is 1. The molecule has 1 saturated carbocycles. The van der Waals surface area contributed by atoms with Crippen LogP contribution in [0.15, 0.2) is 36.4 Å². The molecular weight excluding hydrogens is 552 g/mol. The van der Waals surface area contributed by atoms with Crippen molar-refractivity contribution in [2.75, 3.05) is 47.4 Å². The van der Waals surface area contributed by atoms with Crippen LogP contribution in [0.5, 0.6) is 11.5 Å². The lowest BCUT2D eigenvalue weighted by Crippen LogP contribution is -2.44. The Morgan fingerprint density at radius 1 is 0.976 bits per heavy atom. The van der Waals surface area contributed by atoms with Crippen molar-refractivity contribution in [1.29, 1.82) is 0 Å². The minimum absolute atomic E-state index is 0.249. The fraction of sp³-hybridized carbons (Fsp3) is 0.531. The third-order valence-corrected chi connectivity index (χ3v) is 10.8. The molecule has 4 bridgehead atoms. The Hall–Kier alpha value is -3.08. The quantitative estimate of drug-likeness (QED) is 0.449. The van der Waals surface area contributed by atoms with E-state index in [1.807, 2.05) is 31.3 Å². The molecule has 3 heterocycles. The molecule has 3 aliphatic rings. The van der Waals surface area contributed by atoms with E-state index in [9.17, 15) is 13.2 Å². The SMILES string of the molecule is COc1cccc2c1OCC1CCCN(C)CCN(C)S(=O)(=O)NC(=O)c3ccc4c(C5CCCCC5)c-2n(c4c3)C1. The van der Waals surface area contributed by atoms with E-state index in [1.54, 1.807) is 13.2 Å². The van der Waals surface area contributed by atoms with Crippen LogP contribution in [0.2, 0.25) is 0 Å². The number of para-hydroxylation sites is 1. The van der Waals surface area contributed by atoms with Crippen LogP contribution in [-0.4, -0.2) is 75.5 Å². The van der Waals surface area contributed by atoms with Crippen LogP contribution in [0.1, 0.15) is 66.8 Å². The number of carbonyl (C=O) groups is 1. The first-order valence-electron chi connectivity index (χ1n) is 15.2. The van der Waals surface area contributed by atoms with Gasteiger partial charge in [0.15, 0.2) is 11.5 Å². The van der Waals surface area contributed by atoms with E-state index in [0.717, 1.165) is 72.4 Å². The smallest absolute Gasteiger partial charge is 0.303 e. The van der Waals surface area contributed by atoms with Gasteiger partial charge in [-0.1, -0.05) is 31.4 Å². The Bertz CT molecular complexity index is 1580. The van der Waals surface area contributed by atoms with Gasteiger partial charge >= 0.3 is 10.2 Å². The molecule has 2 aromatic carbocycles. The van der Waals surface area contributed by atoms with Gasteiger partial charge in [-0.3, -0.25) is 4.79 Å². The van der Waals surface area contributed by atoms with Gasteiger partial charge in [0, 0.05) is 54.6 Å². The number of benzene rings is 2. The summed E-state index contributed by atoms with van der Waals surface area (Å²) < 4.78 is 44.4. The Morgan fingerprint density at radius 2 is 1.79 bits per heavy atom. The lowest BCUT2D eigenvalue weighted by Gasteiger charge is -2.29. The van der Waals surface area contributed by atoms with Gasteiger partial charge in [0.2, 0.25) is 0 Å². The van der Waals surface area contributed by atoms with Crippen LogP contribution >= 0.6 is 0 Å². The molecule has 1 fully saturated rings. The molecule has 42 heavy (non-hydrogen) atoms. The largest absolute Gasteiger partial charge is 0.493 e. The van der Waals surface area contributed by atoms with Gasteiger partial charge in [0.1, 0.15) is 0 Å². The number of amides is 1. The number of ether oxygens (including phenoxy) is 2. The third kappa shape index (κ3) is 5.52. The summed E-state index contributed by atoms with van der Waals surface area (Å²) in [7, 11) is 1.22. The highest BCUT2D eigenvalue weighted by atomic mass is 32.2. The van der Waals surface area contributed by atoms with Gasteiger partial charge < -0.3 is 18.9 Å². The molecule has 1 atom stereocenters. The molecule has 1 aliphatic carbocycles. The predicted octanol–water partition coefficient (Wildman–Crippen LogP) is 5.01. The fourth-order valence-corrected chi connectivity index (χ4v) is 7.78. The predicted molar refractivity (Wildman–Crippen MR) is 164 cm³/mol. The number of methoxy groups -OCH3 is 1. The number of rotatable bonds is 2. The zero-order chi connectivity index (χ0) is 29.4. The van der Waals surface area contributed by atoms with Crippen molar-refractivity contribution in [3.63, 3.8) is 0 Å². The Balaban J connectivity index is 1.58.